The minimum absolute atomic E-state index is 0.0835. The zero-order valence-electron chi connectivity index (χ0n) is 15.3. The quantitative estimate of drug-likeness (QED) is 0.569. The van der Waals surface area contributed by atoms with E-state index in [0.717, 1.165) is 10.0 Å². The number of carbonyl (C=O) groups excluding carboxylic acids is 2. The van der Waals surface area contributed by atoms with Gasteiger partial charge >= 0.3 is 5.97 Å². The molecule has 0 spiro atoms. The number of nitriles is 1. The van der Waals surface area contributed by atoms with Crippen molar-refractivity contribution in [2.75, 3.05) is 6.61 Å². The van der Waals surface area contributed by atoms with Gasteiger partial charge in [0.2, 0.25) is 0 Å². The van der Waals surface area contributed by atoms with E-state index < -0.39 is 24.3 Å². The largest absolute Gasteiger partial charge is 0.454 e. The van der Waals surface area contributed by atoms with Crippen LogP contribution in [0.2, 0.25) is 0 Å². The average molecular weight is 450 g/mol. The maximum absolute atomic E-state index is 12.7. The number of benzene rings is 2. The number of para-hydroxylation sites is 1. The third kappa shape index (κ3) is 4.50. The number of nitrogens with two attached hydrogens (primary N) is 1. The molecule has 29 heavy (non-hydrogen) atoms. The smallest absolute Gasteiger partial charge is 0.339 e. The molecule has 2 aromatic carbocycles. The fourth-order valence-corrected chi connectivity index (χ4v) is 3.20. The molecule has 7 heteroatoms. The lowest BCUT2D eigenvalue weighted by Crippen LogP contribution is -2.25. The molecule has 0 saturated carbocycles. The lowest BCUT2D eigenvalue weighted by atomic mass is 10.0. The molecule has 0 aliphatic rings. The first-order valence-electron chi connectivity index (χ1n) is 8.60. The van der Waals surface area contributed by atoms with Gasteiger partial charge in [-0.2, -0.15) is 5.26 Å². The molecule has 1 atom stereocenters. The number of esters is 1. The maximum atomic E-state index is 12.7. The van der Waals surface area contributed by atoms with Gasteiger partial charge < -0.3 is 10.5 Å². The molecule has 3 aromatic rings. The predicted octanol–water partition coefficient (Wildman–Crippen LogP) is 4.00. The Kier molecular flexibility index (Phi) is 6.05. The molecule has 2 N–H and O–H groups in total. The van der Waals surface area contributed by atoms with Crippen molar-refractivity contribution in [3.63, 3.8) is 0 Å². The van der Waals surface area contributed by atoms with Crippen molar-refractivity contribution >= 4 is 38.6 Å². The summed E-state index contributed by atoms with van der Waals surface area (Å²) in [6, 6.07) is 18.1. The molecule has 3 rings (SSSR count). The normalized spacial score (nSPS) is 11.4. The van der Waals surface area contributed by atoms with Gasteiger partial charge in [-0.05, 0) is 24.3 Å². The fraction of sp³-hybridized carbons (Fsp3) is 0.0909. The molecule has 0 saturated heterocycles. The molecule has 0 fully saturated rings. The lowest BCUT2D eigenvalue weighted by molar-refractivity contribution is -0.123. The van der Waals surface area contributed by atoms with E-state index in [2.05, 4.69) is 27.5 Å². The van der Waals surface area contributed by atoms with E-state index in [1.165, 1.54) is 0 Å². The number of hydrogen-bond donors (Lipinski definition) is 1. The Morgan fingerprint density at radius 3 is 2.66 bits per heavy atom. The van der Waals surface area contributed by atoms with Gasteiger partial charge in [-0.15, -0.1) is 0 Å². The van der Waals surface area contributed by atoms with Crippen LogP contribution in [0.15, 0.2) is 71.3 Å². The number of aromatic nitrogens is 1. The summed E-state index contributed by atoms with van der Waals surface area (Å²) in [6.45, 7) is 2.83. The van der Waals surface area contributed by atoms with Crippen LogP contribution in [0.1, 0.15) is 10.4 Å². The van der Waals surface area contributed by atoms with E-state index in [1.54, 1.807) is 30.3 Å². The first-order valence-corrected chi connectivity index (χ1v) is 9.39. The van der Waals surface area contributed by atoms with Crippen molar-refractivity contribution in [2.45, 2.75) is 0 Å². The van der Waals surface area contributed by atoms with Crippen LogP contribution in [0.4, 0.5) is 0 Å². The highest BCUT2D eigenvalue weighted by molar-refractivity contribution is 9.10. The second-order valence-electron chi connectivity index (χ2n) is 6.26. The monoisotopic (exact) mass is 449 g/mol. The summed E-state index contributed by atoms with van der Waals surface area (Å²) in [6.07, 6.45) is 0. The van der Waals surface area contributed by atoms with Crippen molar-refractivity contribution in [3.8, 4) is 17.3 Å². The number of Topliss-reactive ketones (excluding diaryl/α,β-unsaturated/α-hetero) is 1. The number of rotatable bonds is 6. The summed E-state index contributed by atoms with van der Waals surface area (Å²) in [4.78, 5) is 29.5. The molecule has 1 aromatic heterocycles. The Labute approximate surface area is 175 Å². The fourth-order valence-electron chi connectivity index (χ4n) is 2.80. The summed E-state index contributed by atoms with van der Waals surface area (Å²) in [5, 5.41) is 9.61. The number of pyridine rings is 1. The highest BCUT2D eigenvalue weighted by Crippen LogP contribution is 2.27. The summed E-state index contributed by atoms with van der Waals surface area (Å²) in [5.74, 6) is -2.53. The summed E-state index contributed by atoms with van der Waals surface area (Å²) in [5.41, 5.74) is 7.67. The van der Waals surface area contributed by atoms with Crippen molar-refractivity contribution < 1.29 is 14.3 Å². The maximum Gasteiger partial charge on any atom is 0.339 e. The van der Waals surface area contributed by atoms with Gasteiger partial charge in [0, 0.05) is 21.1 Å². The number of ether oxygens (including phenoxy) is 1. The molecule has 0 radical (unpaired) electrons. The SMILES string of the molecule is C=C(N)[C@H](C#N)C(=O)COC(=O)c1cc(-c2cccc(Br)c2)nc2ccccc12. The first-order chi connectivity index (χ1) is 13.9. The molecule has 1 heterocycles. The van der Waals surface area contributed by atoms with Crippen LogP contribution < -0.4 is 5.73 Å². The van der Waals surface area contributed by atoms with Crippen molar-refractivity contribution in [1.82, 2.24) is 4.98 Å². The second-order valence-corrected chi connectivity index (χ2v) is 7.18. The van der Waals surface area contributed by atoms with E-state index in [4.69, 9.17) is 15.7 Å². The summed E-state index contributed by atoms with van der Waals surface area (Å²) < 4.78 is 6.05. The molecule has 6 nitrogen and oxygen atoms in total. The highest BCUT2D eigenvalue weighted by atomic mass is 79.9. The molecule has 0 bridgehead atoms. The number of ketones is 1. The zero-order chi connectivity index (χ0) is 21.0. The van der Waals surface area contributed by atoms with Gasteiger partial charge in [0.15, 0.2) is 12.4 Å². The van der Waals surface area contributed by atoms with Crippen LogP contribution in [0.3, 0.4) is 0 Å². The van der Waals surface area contributed by atoms with Crippen molar-refractivity contribution in [3.05, 3.63) is 76.9 Å². The Bertz CT molecular complexity index is 1170. The van der Waals surface area contributed by atoms with Gasteiger partial charge in [-0.1, -0.05) is 52.8 Å². The van der Waals surface area contributed by atoms with Crippen LogP contribution in [-0.2, 0) is 9.53 Å². The topological polar surface area (TPSA) is 106 Å². The Balaban J connectivity index is 1.95. The number of nitrogens with zero attached hydrogens (tertiary/aromatic N) is 2. The molecule has 0 aliphatic carbocycles. The van der Waals surface area contributed by atoms with Crippen LogP contribution in [0.5, 0.6) is 0 Å². The summed E-state index contributed by atoms with van der Waals surface area (Å²) >= 11 is 3.43. The number of hydrogen-bond acceptors (Lipinski definition) is 6. The van der Waals surface area contributed by atoms with E-state index in [9.17, 15) is 9.59 Å². The van der Waals surface area contributed by atoms with Gasteiger partial charge in [0.05, 0.1) is 22.8 Å². The second kappa shape index (κ2) is 8.67. The average Bonchev–Trinajstić information content (AvgIpc) is 2.71. The minimum atomic E-state index is -1.21. The van der Waals surface area contributed by atoms with Gasteiger partial charge in [-0.25, -0.2) is 9.78 Å². The molecule has 0 amide bonds. The standard InChI is InChI=1S/C22H16BrN3O3/c1-13(25)18(11-24)21(27)12-29-22(28)17-10-20(14-5-4-6-15(23)9-14)26-19-8-3-2-7-16(17)19/h2-10,18H,1,12,25H2/t18-/m0/s1. The Morgan fingerprint density at radius 2 is 1.97 bits per heavy atom. The zero-order valence-corrected chi connectivity index (χ0v) is 16.8. The van der Waals surface area contributed by atoms with Crippen LogP contribution in [0, 0.1) is 17.2 Å². The number of allylic oxidation sites excluding steroid dienone is 1. The first kappa shape index (κ1) is 20.2. The highest BCUT2D eigenvalue weighted by Gasteiger charge is 2.22. The van der Waals surface area contributed by atoms with Crippen molar-refractivity contribution in [2.24, 2.45) is 11.7 Å². The van der Waals surface area contributed by atoms with Gasteiger partial charge in [0.1, 0.15) is 5.92 Å². The summed E-state index contributed by atoms with van der Waals surface area (Å²) in [7, 11) is 0. The molecule has 144 valence electrons. The Hall–Kier alpha value is -3.50. The molecule has 0 aliphatic heterocycles. The van der Waals surface area contributed by atoms with Crippen LogP contribution in [0.25, 0.3) is 22.2 Å². The van der Waals surface area contributed by atoms with Gasteiger partial charge in [0.25, 0.3) is 0 Å². The third-order valence-corrected chi connectivity index (χ3v) is 4.72. The van der Waals surface area contributed by atoms with Crippen LogP contribution >= 0.6 is 15.9 Å². The van der Waals surface area contributed by atoms with E-state index in [1.807, 2.05) is 30.3 Å². The predicted molar refractivity (Wildman–Crippen MR) is 113 cm³/mol. The number of carbonyl (C=O) groups is 2. The minimum Gasteiger partial charge on any atom is -0.454 e. The van der Waals surface area contributed by atoms with E-state index in [0.29, 0.717) is 16.6 Å². The molecular formula is C22H16BrN3O3. The third-order valence-electron chi connectivity index (χ3n) is 4.22. The van der Waals surface area contributed by atoms with E-state index >= 15 is 0 Å². The lowest BCUT2D eigenvalue weighted by Gasteiger charge is -2.11. The molecule has 0 unspecified atom stereocenters. The van der Waals surface area contributed by atoms with Gasteiger partial charge in [-0.3, -0.25) is 4.79 Å². The number of fused-ring (bicyclic) bond motifs is 1. The van der Waals surface area contributed by atoms with Crippen LogP contribution in [-0.4, -0.2) is 23.3 Å². The number of halogens is 1. The van der Waals surface area contributed by atoms with Crippen molar-refractivity contribution in [1.29, 1.82) is 5.26 Å². The van der Waals surface area contributed by atoms with E-state index in [-0.39, 0.29) is 11.3 Å². The molecular weight excluding hydrogens is 434 g/mol. The Morgan fingerprint density at radius 1 is 1.21 bits per heavy atom.